The first kappa shape index (κ1) is 14.2. The number of anilines is 1. The Labute approximate surface area is 115 Å². The Morgan fingerprint density at radius 3 is 2.79 bits per heavy atom. The van der Waals surface area contributed by atoms with E-state index in [2.05, 4.69) is 11.4 Å². The summed E-state index contributed by atoms with van der Waals surface area (Å²) >= 11 is 0. The lowest BCUT2D eigenvalue weighted by molar-refractivity contribution is 0.194. The van der Waals surface area contributed by atoms with Crippen LogP contribution in [-0.4, -0.2) is 33.4 Å². The number of benzene rings is 1. The zero-order valence-electron chi connectivity index (χ0n) is 11.9. The van der Waals surface area contributed by atoms with Crippen LogP contribution in [0.5, 0.6) is 5.75 Å². The standard InChI is InChI=1S/C15H24N2O2/c1-18-10-9-17-12-5-3-11-4-8-14(16)15(19-2)13(11)7-6-12/h4,8,12,17H,3,5-7,9-10,16H2,1-2H3. The van der Waals surface area contributed by atoms with E-state index >= 15 is 0 Å². The van der Waals surface area contributed by atoms with Crippen LogP contribution < -0.4 is 15.8 Å². The minimum Gasteiger partial charge on any atom is -0.494 e. The number of nitrogens with one attached hydrogen (secondary N) is 1. The predicted molar refractivity (Wildman–Crippen MR) is 77.7 cm³/mol. The van der Waals surface area contributed by atoms with Crippen LogP contribution in [0.2, 0.25) is 0 Å². The maximum absolute atomic E-state index is 5.98. The molecule has 19 heavy (non-hydrogen) atoms. The molecular formula is C15H24N2O2. The third-order valence-corrected chi connectivity index (χ3v) is 3.84. The van der Waals surface area contributed by atoms with Crippen molar-refractivity contribution >= 4 is 5.69 Å². The molecule has 0 saturated heterocycles. The van der Waals surface area contributed by atoms with Crippen LogP contribution in [0.15, 0.2) is 12.1 Å². The van der Waals surface area contributed by atoms with Crippen LogP contribution in [-0.2, 0) is 17.6 Å². The second kappa shape index (κ2) is 6.78. The van der Waals surface area contributed by atoms with E-state index in [-0.39, 0.29) is 0 Å². The molecule has 2 rings (SSSR count). The average molecular weight is 264 g/mol. The van der Waals surface area contributed by atoms with Crippen molar-refractivity contribution in [3.63, 3.8) is 0 Å². The molecule has 0 heterocycles. The van der Waals surface area contributed by atoms with Gasteiger partial charge in [0.1, 0.15) is 5.75 Å². The Hall–Kier alpha value is -1.26. The van der Waals surface area contributed by atoms with E-state index in [1.807, 2.05) is 6.07 Å². The maximum Gasteiger partial charge on any atom is 0.145 e. The summed E-state index contributed by atoms with van der Waals surface area (Å²) in [6.07, 6.45) is 4.38. The minimum absolute atomic E-state index is 0.550. The second-order valence-corrected chi connectivity index (χ2v) is 5.05. The van der Waals surface area contributed by atoms with Crippen LogP contribution in [0.25, 0.3) is 0 Å². The number of hydrogen-bond donors (Lipinski definition) is 2. The first-order valence-electron chi connectivity index (χ1n) is 6.92. The molecule has 1 unspecified atom stereocenters. The van der Waals surface area contributed by atoms with Gasteiger partial charge in [-0.1, -0.05) is 6.07 Å². The quantitative estimate of drug-likeness (QED) is 0.483. The van der Waals surface area contributed by atoms with E-state index in [1.165, 1.54) is 11.1 Å². The van der Waals surface area contributed by atoms with Crippen molar-refractivity contribution in [2.45, 2.75) is 31.7 Å². The van der Waals surface area contributed by atoms with Crippen LogP contribution in [0.3, 0.4) is 0 Å². The molecule has 1 aliphatic carbocycles. The SMILES string of the molecule is COCCNC1CCc2ccc(N)c(OC)c2CC1. The van der Waals surface area contributed by atoms with Gasteiger partial charge in [0.2, 0.25) is 0 Å². The van der Waals surface area contributed by atoms with Crippen molar-refractivity contribution in [1.29, 1.82) is 0 Å². The molecule has 3 N–H and O–H groups in total. The Morgan fingerprint density at radius 1 is 1.26 bits per heavy atom. The van der Waals surface area contributed by atoms with Crippen molar-refractivity contribution in [1.82, 2.24) is 5.32 Å². The molecule has 0 fully saturated rings. The number of aryl methyl sites for hydroxylation is 1. The maximum atomic E-state index is 5.98. The van der Waals surface area contributed by atoms with Crippen LogP contribution in [0.1, 0.15) is 24.0 Å². The summed E-state index contributed by atoms with van der Waals surface area (Å²) in [5.74, 6) is 0.870. The summed E-state index contributed by atoms with van der Waals surface area (Å²) < 4.78 is 10.5. The smallest absolute Gasteiger partial charge is 0.145 e. The number of rotatable bonds is 5. The number of nitrogens with two attached hydrogens (primary N) is 1. The normalized spacial score (nSPS) is 18.7. The highest BCUT2D eigenvalue weighted by Crippen LogP contribution is 2.33. The van der Waals surface area contributed by atoms with Crippen LogP contribution in [0.4, 0.5) is 5.69 Å². The molecule has 0 radical (unpaired) electrons. The summed E-state index contributed by atoms with van der Waals surface area (Å²) in [6.45, 7) is 1.68. The van der Waals surface area contributed by atoms with E-state index in [4.69, 9.17) is 15.2 Å². The van der Waals surface area contributed by atoms with E-state index in [0.29, 0.717) is 6.04 Å². The highest BCUT2D eigenvalue weighted by molar-refractivity contribution is 5.59. The zero-order chi connectivity index (χ0) is 13.7. The Balaban J connectivity index is 2.05. The zero-order valence-corrected chi connectivity index (χ0v) is 11.9. The molecule has 1 aromatic rings. The lowest BCUT2D eigenvalue weighted by Gasteiger charge is -2.15. The largest absolute Gasteiger partial charge is 0.494 e. The first-order valence-corrected chi connectivity index (χ1v) is 6.92. The van der Waals surface area contributed by atoms with Gasteiger partial charge in [0.05, 0.1) is 19.4 Å². The van der Waals surface area contributed by atoms with E-state index < -0.39 is 0 Å². The molecule has 1 atom stereocenters. The summed E-state index contributed by atoms with van der Waals surface area (Å²) in [5, 5.41) is 3.55. The summed E-state index contributed by atoms with van der Waals surface area (Å²) in [5.41, 5.74) is 9.39. The van der Waals surface area contributed by atoms with Crippen LogP contribution in [0, 0.1) is 0 Å². The van der Waals surface area contributed by atoms with Gasteiger partial charge in [-0.05, 0) is 42.9 Å². The fourth-order valence-corrected chi connectivity index (χ4v) is 2.80. The van der Waals surface area contributed by atoms with Gasteiger partial charge in [0.25, 0.3) is 0 Å². The number of methoxy groups -OCH3 is 2. The molecule has 106 valence electrons. The molecule has 0 aliphatic heterocycles. The minimum atomic E-state index is 0.550. The van der Waals surface area contributed by atoms with Crippen LogP contribution >= 0.6 is 0 Å². The molecule has 0 saturated carbocycles. The van der Waals surface area contributed by atoms with Gasteiger partial charge in [-0.2, -0.15) is 0 Å². The lowest BCUT2D eigenvalue weighted by Crippen LogP contribution is -2.32. The Morgan fingerprint density at radius 2 is 2.05 bits per heavy atom. The van der Waals surface area contributed by atoms with Crippen molar-refractivity contribution in [3.05, 3.63) is 23.3 Å². The van der Waals surface area contributed by atoms with Gasteiger partial charge in [0.15, 0.2) is 0 Å². The summed E-state index contributed by atoms with van der Waals surface area (Å²) in [7, 11) is 3.43. The van der Waals surface area contributed by atoms with Gasteiger partial charge in [-0.25, -0.2) is 0 Å². The molecule has 1 aromatic carbocycles. The summed E-state index contributed by atoms with van der Waals surface area (Å²) in [6, 6.07) is 4.65. The molecule has 0 spiro atoms. The van der Waals surface area contributed by atoms with Crippen molar-refractivity contribution < 1.29 is 9.47 Å². The van der Waals surface area contributed by atoms with Gasteiger partial charge in [-0.3, -0.25) is 0 Å². The molecule has 4 nitrogen and oxygen atoms in total. The highest BCUT2D eigenvalue weighted by atomic mass is 16.5. The molecule has 1 aliphatic rings. The third-order valence-electron chi connectivity index (χ3n) is 3.84. The molecular weight excluding hydrogens is 240 g/mol. The Kier molecular flexibility index (Phi) is 5.05. The van der Waals surface area contributed by atoms with Gasteiger partial charge in [0, 0.05) is 19.7 Å². The van der Waals surface area contributed by atoms with E-state index in [1.54, 1.807) is 14.2 Å². The average Bonchev–Trinajstić information content (AvgIpc) is 2.62. The molecule has 0 aromatic heterocycles. The third kappa shape index (κ3) is 3.39. The van der Waals surface area contributed by atoms with Crippen molar-refractivity contribution in [3.8, 4) is 5.75 Å². The van der Waals surface area contributed by atoms with E-state index in [0.717, 1.165) is 50.3 Å². The predicted octanol–water partition coefficient (Wildman–Crippen LogP) is 1.76. The second-order valence-electron chi connectivity index (χ2n) is 5.05. The van der Waals surface area contributed by atoms with Crippen molar-refractivity contribution in [2.75, 3.05) is 33.1 Å². The summed E-state index contributed by atoms with van der Waals surface area (Å²) in [4.78, 5) is 0. The van der Waals surface area contributed by atoms with Gasteiger partial charge >= 0.3 is 0 Å². The number of nitrogen functional groups attached to an aromatic ring is 1. The van der Waals surface area contributed by atoms with Gasteiger partial charge in [-0.15, -0.1) is 0 Å². The fraction of sp³-hybridized carbons (Fsp3) is 0.600. The topological polar surface area (TPSA) is 56.5 Å². The number of hydrogen-bond acceptors (Lipinski definition) is 4. The van der Waals surface area contributed by atoms with Gasteiger partial charge < -0.3 is 20.5 Å². The van der Waals surface area contributed by atoms with Crippen molar-refractivity contribution in [2.24, 2.45) is 0 Å². The van der Waals surface area contributed by atoms with E-state index in [9.17, 15) is 0 Å². The first-order chi connectivity index (χ1) is 9.26. The highest BCUT2D eigenvalue weighted by Gasteiger charge is 2.19. The molecule has 4 heteroatoms. The molecule has 0 bridgehead atoms. The monoisotopic (exact) mass is 264 g/mol. The number of fused-ring (bicyclic) bond motifs is 1. The fourth-order valence-electron chi connectivity index (χ4n) is 2.80. The molecule has 0 amide bonds. The Bertz CT molecular complexity index is 421. The number of ether oxygens (including phenoxy) is 2. The lowest BCUT2D eigenvalue weighted by atomic mass is 10.0.